The number of unbranched alkanes of at least 4 members (excludes halogenated alkanes) is 3. The van der Waals surface area contributed by atoms with Gasteiger partial charge in [0, 0.05) is 19.6 Å². The maximum Gasteiger partial charge on any atom is 0.0849 e. The van der Waals surface area contributed by atoms with Crippen LogP contribution in [-0.2, 0) is 0 Å². The quantitative estimate of drug-likeness (QED) is 0.306. The molecule has 0 aromatic heterocycles. The van der Waals surface area contributed by atoms with Crippen LogP contribution in [0.2, 0.25) is 0 Å². The average Bonchev–Trinajstić information content (AvgIpc) is 2.27. The van der Waals surface area contributed by atoms with Crippen molar-refractivity contribution in [2.45, 2.75) is 59.3 Å². The lowest BCUT2D eigenvalue weighted by atomic mass is 10.3. The van der Waals surface area contributed by atoms with Crippen molar-refractivity contribution in [2.24, 2.45) is 4.99 Å². The van der Waals surface area contributed by atoms with Crippen LogP contribution >= 0.6 is 0 Å². The Morgan fingerprint density at radius 2 is 1.40 bits per heavy atom. The Morgan fingerprint density at radius 3 is 1.87 bits per heavy atom. The van der Waals surface area contributed by atoms with Gasteiger partial charge in [0.1, 0.15) is 0 Å². The van der Waals surface area contributed by atoms with Gasteiger partial charge in [-0.05, 0) is 19.3 Å². The SMILES string of the molecule is CCCCN=CN(CCCC)CCCC. The average molecular weight is 212 g/mol. The van der Waals surface area contributed by atoms with E-state index < -0.39 is 0 Å². The lowest BCUT2D eigenvalue weighted by Gasteiger charge is -2.18. The van der Waals surface area contributed by atoms with Crippen LogP contribution in [0.5, 0.6) is 0 Å². The van der Waals surface area contributed by atoms with Gasteiger partial charge in [0.25, 0.3) is 0 Å². The van der Waals surface area contributed by atoms with Gasteiger partial charge in [-0.3, -0.25) is 4.99 Å². The molecular weight excluding hydrogens is 184 g/mol. The molecule has 15 heavy (non-hydrogen) atoms. The van der Waals surface area contributed by atoms with Crippen LogP contribution in [0.15, 0.2) is 4.99 Å². The van der Waals surface area contributed by atoms with E-state index in [2.05, 4.69) is 37.0 Å². The molecule has 0 aliphatic carbocycles. The van der Waals surface area contributed by atoms with Crippen LogP contribution in [-0.4, -0.2) is 30.9 Å². The molecule has 0 heterocycles. The van der Waals surface area contributed by atoms with Gasteiger partial charge in [-0.1, -0.05) is 40.0 Å². The fraction of sp³-hybridized carbons (Fsp3) is 0.923. The van der Waals surface area contributed by atoms with E-state index in [0.29, 0.717) is 0 Å². The topological polar surface area (TPSA) is 15.6 Å². The van der Waals surface area contributed by atoms with E-state index in [1.54, 1.807) is 0 Å². The number of aliphatic imine (C=N–C) groups is 1. The molecule has 2 nitrogen and oxygen atoms in total. The van der Waals surface area contributed by atoms with Crippen molar-refractivity contribution >= 4 is 6.34 Å². The second-order valence-corrected chi connectivity index (χ2v) is 4.12. The monoisotopic (exact) mass is 212 g/mol. The Bertz CT molecular complexity index is 135. The van der Waals surface area contributed by atoms with E-state index >= 15 is 0 Å². The molecule has 0 fully saturated rings. The molecule has 2 heteroatoms. The predicted octanol–water partition coefficient (Wildman–Crippen LogP) is 3.72. The Balaban J connectivity index is 3.71. The van der Waals surface area contributed by atoms with Gasteiger partial charge in [0.15, 0.2) is 0 Å². The molecule has 0 spiro atoms. The highest BCUT2D eigenvalue weighted by Crippen LogP contribution is 1.97. The van der Waals surface area contributed by atoms with Gasteiger partial charge >= 0.3 is 0 Å². The Hall–Kier alpha value is -0.530. The van der Waals surface area contributed by atoms with Gasteiger partial charge in [0.2, 0.25) is 0 Å². The fourth-order valence-corrected chi connectivity index (χ4v) is 1.37. The lowest BCUT2D eigenvalue weighted by molar-refractivity contribution is 0.407. The summed E-state index contributed by atoms with van der Waals surface area (Å²) in [5, 5.41) is 0. The van der Waals surface area contributed by atoms with Crippen molar-refractivity contribution in [2.75, 3.05) is 19.6 Å². The third-order valence-electron chi connectivity index (χ3n) is 2.48. The molecule has 0 saturated carbocycles. The standard InChI is InChI=1S/C13H28N2/c1-4-7-10-14-13-15(11-8-5-2)12-9-6-3/h13H,4-12H2,1-3H3. The maximum atomic E-state index is 4.47. The van der Waals surface area contributed by atoms with Crippen molar-refractivity contribution in [3.8, 4) is 0 Å². The number of hydrogen-bond acceptors (Lipinski definition) is 1. The molecule has 0 saturated heterocycles. The van der Waals surface area contributed by atoms with Gasteiger partial charge in [-0.2, -0.15) is 0 Å². The summed E-state index contributed by atoms with van der Waals surface area (Å²) in [7, 11) is 0. The molecule has 0 amide bonds. The molecule has 0 aromatic carbocycles. The summed E-state index contributed by atoms with van der Waals surface area (Å²) in [6.45, 7) is 10.0. The minimum atomic E-state index is 0.991. The maximum absolute atomic E-state index is 4.47. The first-order valence-electron chi connectivity index (χ1n) is 6.59. The summed E-state index contributed by atoms with van der Waals surface area (Å²) in [4.78, 5) is 6.85. The summed E-state index contributed by atoms with van der Waals surface area (Å²) in [6.07, 6.45) is 9.62. The van der Waals surface area contributed by atoms with Crippen LogP contribution < -0.4 is 0 Å². The van der Waals surface area contributed by atoms with Crippen molar-refractivity contribution in [1.29, 1.82) is 0 Å². The first-order valence-corrected chi connectivity index (χ1v) is 6.59. The summed E-state index contributed by atoms with van der Waals surface area (Å²) < 4.78 is 0. The van der Waals surface area contributed by atoms with Crippen LogP contribution in [0, 0.1) is 0 Å². The van der Waals surface area contributed by atoms with Crippen LogP contribution in [0.1, 0.15) is 59.3 Å². The predicted molar refractivity (Wildman–Crippen MR) is 69.7 cm³/mol. The zero-order chi connectivity index (χ0) is 11.4. The van der Waals surface area contributed by atoms with E-state index in [1.807, 2.05) is 0 Å². The first-order chi connectivity index (χ1) is 7.35. The van der Waals surface area contributed by atoms with E-state index in [-0.39, 0.29) is 0 Å². The zero-order valence-electron chi connectivity index (χ0n) is 10.8. The van der Waals surface area contributed by atoms with Gasteiger partial charge < -0.3 is 4.90 Å². The molecule has 0 radical (unpaired) electrons. The molecule has 0 bridgehead atoms. The lowest BCUT2D eigenvalue weighted by Crippen LogP contribution is -2.24. The van der Waals surface area contributed by atoms with E-state index in [0.717, 1.165) is 6.54 Å². The van der Waals surface area contributed by atoms with E-state index in [1.165, 1.54) is 51.6 Å². The van der Waals surface area contributed by atoms with Crippen LogP contribution in [0.25, 0.3) is 0 Å². The van der Waals surface area contributed by atoms with Gasteiger partial charge in [-0.25, -0.2) is 0 Å². The van der Waals surface area contributed by atoms with Crippen molar-refractivity contribution in [3.05, 3.63) is 0 Å². The molecule has 0 atom stereocenters. The van der Waals surface area contributed by atoms with Crippen molar-refractivity contribution < 1.29 is 0 Å². The molecular formula is C13H28N2. The fourth-order valence-electron chi connectivity index (χ4n) is 1.37. The molecule has 0 aliphatic heterocycles. The second kappa shape index (κ2) is 11.5. The third-order valence-corrected chi connectivity index (χ3v) is 2.48. The van der Waals surface area contributed by atoms with Gasteiger partial charge in [0.05, 0.1) is 6.34 Å². The molecule has 0 aromatic rings. The summed E-state index contributed by atoms with van der Waals surface area (Å²) in [5.41, 5.74) is 0. The van der Waals surface area contributed by atoms with E-state index in [9.17, 15) is 0 Å². The number of hydrogen-bond donors (Lipinski definition) is 0. The summed E-state index contributed by atoms with van der Waals surface area (Å²) in [6, 6.07) is 0. The Kier molecular flexibility index (Phi) is 11.1. The molecule has 0 rings (SSSR count). The van der Waals surface area contributed by atoms with Crippen molar-refractivity contribution in [3.63, 3.8) is 0 Å². The van der Waals surface area contributed by atoms with E-state index in [4.69, 9.17) is 0 Å². The number of nitrogens with zero attached hydrogens (tertiary/aromatic N) is 2. The minimum Gasteiger partial charge on any atom is -0.363 e. The minimum absolute atomic E-state index is 0.991. The molecule has 0 N–H and O–H groups in total. The Labute approximate surface area is 95.8 Å². The summed E-state index contributed by atoms with van der Waals surface area (Å²) >= 11 is 0. The first kappa shape index (κ1) is 14.5. The Morgan fingerprint density at radius 1 is 0.867 bits per heavy atom. The highest BCUT2D eigenvalue weighted by Gasteiger charge is 1.97. The third kappa shape index (κ3) is 9.77. The van der Waals surface area contributed by atoms with Crippen LogP contribution in [0.4, 0.5) is 0 Å². The largest absolute Gasteiger partial charge is 0.363 e. The normalized spacial score (nSPS) is 11.1. The molecule has 90 valence electrons. The van der Waals surface area contributed by atoms with Gasteiger partial charge in [-0.15, -0.1) is 0 Å². The van der Waals surface area contributed by atoms with Crippen molar-refractivity contribution in [1.82, 2.24) is 4.90 Å². The highest BCUT2D eigenvalue weighted by molar-refractivity contribution is 5.54. The summed E-state index contributed by atoms with van der Waals surface area (Å²) in [5.74, 6) is 0. The molecule has 0 aliphatic rings. The van der Waals surface area contributed by atoms with Crippen LogP contribution in [0.3, 0.4) is 0 Å². The second-order valence-electron chi connectivity index (χ2n) is 4.12. The smallest absolute Gasteiger partial charge is 0.0849 e. The zero-order valence-corrected chi connectivity index (χ0v) is 10.8. The highest BCUT2D eigenvalue weighted by atomic mass is 15.1. The molecule has 0 unspecified atom stereocenters. The number of rotatable bonds is 10.